The van der Waals surface area contributed by atoms with Gasteiger partial charge in [-0.25, -0.2) is 8.78 Å². The maximum absolute atomic E-state index is 14.0. The zero-order valence-electron chi connectivity index (χ0n) is 11.5. The average Bonchev–Trinajstić information content (AvgIpc) is 2.53. The molecule has 0 N–H and O–H groups in total. The van der Waals surface area contributed by atoms with E-state index in [1.54, 1.807) is 6.92 Å². The van der Waals surface area contributed by atoms with Crippen LogP contribution >= 0.6 is 0 Å². The molecule has 1 aromatic rings. The Labute approximate surface area is 120 Å². The Hall–Kier alpha value is -1.88. The number of alkyl halides is 2. The zero-order chi connectivity index (χ0) is 15.6. The van der Waals surface area contributed by atoms with Crippen molar-refractivity contribution in [2.24, 2.45) is 0 Å². The third-order valence-electron chi connectivity index (χ3n) is 3.07. The van der Waals surface area contributed by atoms with Crippen molar-refractivity contribution in [3.63, 3.8) is 0 Å². The standard InChI is InChI=1S/C16H14F4O/c1-10-3-7-13(15(18)9-10)16(19,20)21-12-5-4-11(2)14(17)8-6-12/h3-9,12H,1-2H3. The first kappa shape index (κ1) is 15.5. The van der Waals surface area contributed by atoms with Crippen LogP contribution in [-0.2, 0) is 10.8 Å². The van der Waals surface area contributed by atoms with E-state index in [2.05, 4.69) is 4.74 Å². The first-order valence-corrected chi connectivity index (χ1v) is 6.34. The van der Waals surface area contributed by atoms with Gasteiger partial charge < -0.3 is 4.74 Å². The number of rotatable bonds is 3. The van der Waals surface area contributed by atoms with Gasteiger partial charge in [-0.15, -0.1) is 0 Å². The van der Waals surface area contributed by atoms with E-state index >= 15 is 0 Å². The van der Waals surface area contributed by atoms with Crippen LogP contribution in [0.25, 0.3) is 0 Å². The zero-order valence-corrected chi connectivity index (χ0v) is 11.5. The summed E-state index contributed by atoms with van der Waals surface area (Å²) in [5.74, 6) is -1.57. The molecule has 5 heteroatoms. The maximum Gasteiger partial charge on any atom is 0.387 e. The quantitative estimate of drug-likeness (QED) is 0.718. The molecule has 1 aromatic carbocycles. The molecule has 0 spiro atoms. The molecule has 0 saturated heterocycles. The normalized spacial score (nSPS) is 19.0. The van der Waals surface area contributed by atoms with E-state index in [1.807, 2.05) is 0 Å². The van der Waals surface area contributed by atoms with Crippen molar-refractivity contribution in [2.75, 3.05) is 0 Å². The molecule has 1 aliphatic carbocycles. The van der Waals surface area contributed by atoms with Gasteiger partial charge in [0.1, 0.15) is 17.7 Å². The molecule has 21 heavy (non-hydrogen) atoms. The molecule has 112 valence electrons. The summed E-state index contributed by atoms with van der Waals surface area (Å²) in [6, 6.07) is 3.37. The summed E-state index contributed by atoms with van der Waals surface area (Å²) in [6.45, 7) is 3.11. The van der Waals surface area contributed by atoms with Crippen molar-refractivity contribution in [1.82, 2.24) is 0 Å². The largest absolute Gasteiger partial charge is 0.387 e. The molecule has 2 rings (SSSR count). The second-order valence-corrected chi connectivity index (χ2v) is 4.83. The molecule has 0 heterocycles. The van der Waals surface area contributed by atoms with Crippen LogP contribution in [0, 0.1) is 12.7 Å². The van der Waals surface area contributed by atoms with E-state index in [0.717, 1.165) is 24.3 Å². The van der Waals surface area contributed by atoms with Gasteiger partial charge in [0.25, 0.3) is 0 Å². The van der Waals surface area contributed by atoms with Crippen molar-refractivity contribution in [3.8, 4) is 0 Å². The fourth-order valence-corrected chi connectivity index (χ4v) is 1.86. The highest BCUT2D eigenvalue weighted by Crippen LogP contribution is 2.34. The predicted molar refractivity (Wildman–Crippen MR) is 72.0 cm³/mol. The lowest BCUT2D eigenvalue weighted by Crippen LogP contribution is -2.25. The van der Waals surface area contributed by atoms with Gasteiger partial charge in [-0.1, -0.05) is 18.2 Å². The summed E-state index contributed by atoms with van der Waals surface area (Å²) in [7, 11) is 0. The third kappa shape index (κ3) is 3.61. The molecule has 0 aliphatic heterocycles. The first-order valence-electron chi connectivity index (χ1n) is 6.34. The van der Waals surface area contributed by atoms with Gasteiger partial charge in [-0.2, -0.15) is 8.78 Å². The monoisotopic (exact) mass is 298 g/mol. The molecular weight excluding hydrogens is 284 g/mol. The summed E-state index contributed by atoms with van der Waals surface area (Å²) < 4.78 is 59.6. The molecule has 0 fully saturated rings. The summed E-state index contributed by atoms with van der Waals surface area (Å²) in [5, 5.41) is 0. The Morgan fingerprint density at radius 2 is 1.71 bits per heavy atom. The molecule has 1 nitrogen and oxygen atoms in total. The van der Waals surface area contributed by atoms with Crippen LogP contribution in [0.5, 0.6) is 0 Å². The molecule has 0 amide bonds. The highest BCUT2D eigenvalue weighted by molar-refractivity contribution is 5.32. The van der Waals surface area contributed by atoms with Gasteiger partial charge in [-0.3, -0.25) is 0 Å². The van der Waals surface area contributed by atoms with Crippen LogP contribution in [0.1, 0.15) is 18.1 Å². The predicted octanol–water partition coefficient (Wildman–Crippen LogP) is 4.94. The number of aryl methyl sites for hydroxylation is 1. The maximum atomic E-state index is 14.0. The van der Waals surface area contributed by atoms with Crippen molar-refractivity contribution in [2.45, 2.75) is 26.1 Å². The van der Waals surface area contributed by atoms with Crippen LogP contribution in [0.15, 0.2) is 53.9 Å². The fourth-order valence-electron chi connectivity index (χ4n) is 1.86. The second-order valence-electron chi connectivity index (χ2n) is 4.83. The van der Waals surface area contributed by atoms with Crippen LogP contribution in [-0.4, -0.2) is 6.10 Å². The third-order valence-corrected chi connectivity index (χ3v) is 3.07. The summed E-state index contributed by atoms with van der Waals surface area (Å²) in [4.78, 5) is 0. The smallest absolute Gasteiger partial charge is 0.305 e. The van der Waals surface area contributed by atoms with Crippen molar-refractivity contribution in [3.05, 3.63) is 70.8 Å². The van der Waals surface area contributed by atoms with Crippen LogP contribution in [0.3, 0.4) is 0 Å². The molecule has 0 radical (unpaired) electrons. The van der Waals surface area contributed by atoms with Crippen LogP contribution in [0.4, 0.5) is 17.6 Å². The number of allylic oxidation sites excluding steroid dienone is 4. The Morgan fingerprint density at radius 3 is 2.38 bits per heavy atom. The van der Waals surface area contributed by atoms with E-state index in [-0.39, 0.29) is 0 Å². The second kappa shape index (κ2) is 5.85. The molecule has 1 unspecified atom stereocenters. The molecule has 0 saturated carbocycles. The van der Waals surface area contributed by atoms with Crippen molar-refractivity contribution in [1.29, 1.82) is 0 Å². The number of halogens is 4. The number of hydrogen-bond donors (Lipinski definition) is 0. The van der Waals surface area contributed by atoms with Gasteiger partial charge in [0.2, 0.25) is 0 Å². The lowest BCUT2D eigenvalue weighted by atomic mass is 10.1. The van der Waals surface area contributed by atoms with E-state index in [1.165, 1.54) is 25.1 Å². The van der Waals surface area contributed by atoms with Gasteiger partial charge >= 0.3 is 6.11 Å². The van der Waals surface area contributed by atoms with Gasteiger partial charge in [-0.05, 0) is 49.3 Å². The Bertz CT molecular complexity index is 607. The minimum Gasteiger partial charge on any atom is -0.305 e. The topological polar surface area (TPSA) is 9.23 Å². The average molecular weight is 298 g/mol. The van der Waals surface area contributed by atoms with Crippen molar-refractivity contribution < 1.29 is 22.3 Å². The highest BCUT2D eigenvalue weighted by Gasteiger charge is 2.37. The Balaban J connectivity index is 2.22. The fraction of sp³-hybridized carbons (Fsp3) is 0.250. The summed E-state index contributed by atoms with van der Waals surface area (Å²) in [6.07, 6.45) is -0.112. The SMILES string of the molecule is CC1=C(F)C=CC(OC(F)(F)c2ccc(C)cc2F)C=C1. The van der Waals surface area contributed by atoms with Gasteiger partial charge in [0.15, 0.2) is 0 Å². The summed E-state index contributed by atoms with van der Waals surface area (Å²) in [5.41, 5.74) is -0.00492. The molecule has 0 aromatic heterocycles. The lowest BCUT2D eigenvalue weighted by Gasteiger charge is -2.21. The van der Waals surface area contributed by atoms with Crippen LogP contribution in [0.2, 0.25) is 0 Å². The van der Waals surface area contributed by atoms with Gasteiger partial charge in [0, 0.05) is 0 Å². The molecular formula is C16H14F4O. The van der Waals surface area contributed by atoms with E-state index in [0.29, 0.717) is 11.1 Å². The number of hydrogen-bond acceptors (Lipinski definition) is 1. The lowest BCUT2D eigenvalue weighted by molar-refractivity contribution is -0.258. The minimum atomic E-state index is -3.81. The minimum absolute atomic E-state index is 0.308. The van der Waals surface area contributed by atoms with Crippen molar-refractivity contribution >= 4 is 0 Å². The Morgan fingerprint density at radius 1 is 1.05 bits per heavy atom. The first-order chi connectivity index (χ1) is 9.79. The summed E-state index contributed by atoms with van der Waals surface area (Å²) >= 11 is 0. The number of ether oxygens (including phenoxy) is 1. The van der Waals surface area contributed by atoms with E-state index in [4.69, 9.17) is 0 Å². The molecule has 1 atom stereocenters. The van der Waals surface area contributed by atoms with E-state index in [9.17, 15) is 17.6 Å². The molecule has 0 bridgehead atoms. The Kier molecular flexibility index (Phi) is 4.32. The van der Waals surface area contributed by atoms with E-state index < -0.39 is 29.4 Å². The number of benzene rings is 1. The molecule has 1 aliphatic rings. The van der Waals surface area contributed by atoms with Gasteiger partial charge in [0.05, 0.1) is 5.56 Å². The van der Waals surface area contributed by atoms with Crippen LogP contribution < -0.4 is 0 Å². The highest BCUT2D eigenvalue weighted by atomic mass is 19.3.